The number of allylic oxidation sites excluding steroid dienone is 1. The zero-order valence-electron chi connectivity index (χ0n) is 40.5. The van der Waals surface area contributed by atoms with Crippen molar-refractivity contribution in [2.75, 3.05) is 5.32 Å². The lowest BCUT2D eigenvalue weighted by molar-refractivity contribution is 0.531. The molecule has 5 aromatic carbocycles. The molecule has 1 N–H and O–H groups in total. The summed E-state index contributed by atoms with van der Waals surface area (Å²) < 4.78 is 0. The fourth-order valence-electron chi connectivity index (χ4n) is 9.22. The third-order valence-electron chi connectivity index (χ3n) is 13.1. The Hall–Kier alpha value is -5.39. The highest BCUT2D eigenvalue weighted by Gasteiger charge is 2.27. The van der Waals surface area contributed by atoms with Gasteiger partial charge in [-0.05, 0) is 154 Å². The Labute approximate surface area is 375 Å². The summed E-state index contributed by atoms with van der Waals surface area (Å²) in [7, 11) is 0. The molecule has 0 aliphatic heterocycles. The fourth-order valence-corrected chi connectivity index (χ4v) is 9.22. The van der Waals surface area contributed by atoms with Gasteiger partial charge < -0.3 is 5.32 Å². The van der Waals surface area contributed by atoms with Crippen LogP contribution in [0, 0.1) is 24.2 Å². The summed E-state index contributed by atoms with van der Waals surface area (Å²) in [4.78, 5) is 0. The molecule has 2 unspecified atom stereocenters. The maximum absolute atomic E-state index is 10.2. The monoisotopic (exact) mass is 821 g/mol. The lowest BCUT2D eigenvalue weighted by Crippen LogP contribution is -2.33. The highest BCUT2D eigenvalue weighted by atomic mass is 14.9. The van der Waals surface area contributed by atoms with Gasteiger partial charge >= 0.3 is 0 Å². The second kappa shape index (κ2) is 17.4. The Morgan fingerprint density at radius 2 is 1.19 bits per heavy atom. The van der Waals surface area contributed by atoms with Crippen molar-refractivity contribution < 1.29 is 0 Å². The van der Waals surface area contributed by atoms with E-state index >= 15 is 0 Å². The Morgan fingerprint density at radius 1 is 0.661 bits per heavy atom. The molecule has 1 fully saturated rings. The molecular formula is C60H72N2. The van der Waals surface area contributed by atoms with Gasteiger partial charge in [0.2, 0.25) is 0 Å². The van der Waals surface area contributed by atoms with E-state index in [0.717, 1.165) is 27.6 Å². The lowest BCUT2D eigenvalue weighted by Gasteiger charge is -2.28. The second-order valence-electron chi connectivity index (χ2n) is 22.3. The molecule has 0 aromatic heterocycles. The number of nitrogens with one attached hydrogen (secondary N) is 1. The number of rotatable bonds is 8. The van der Waals surface area contributed by atoms with Gasteiger partial charge in [-0.25, -0.2) is 0 Å². The van der Waals surface area contributed by atoms with E-state index < -0.39 is 0 Å². The Morgan fingerprint density at radius 3 is 1.66 bits per heavy atom. The first-order chi connectivity index (χ1) is 28.8. The van der Waals surface area contributed by atoms with Gasteiger partial charge in [0.25, 0.3) is 0 Å². The summed E-state index contributed by atoms with van der Waals surface area (Å²) >= 11 is 0. The molecule has 0 amide bonds. The maximum atomic E-state index is 10.2. The summed E-state index contributed by atoms with van der Waals surface area (Å²) in [6.45, 7) is 41.2. The first-order valence-electron chi connectivity index (χ1n) is 22.8. The molecular weight excluding hydrogens is 749 g/mol. The minimum Gasteiger partial charge on any atom is -0.355 e. The van der Waals surface area contributed by atoms with Crippen LogP contribution in [0.4, 0.5) is 5.69 Å². The summed E-state index contributed by atoms with van der Waals surface area (Å²) in [5.41, 5.74) is 16.7. The first-order valence-corrected chi connectivity index (χ1v) is 22.8. The van der Waals surface area contributed by atoms with Crippen molar-refractivity contribution in [1.29, 1.82) is 5.26 Å². The number of aryl methyl sites for hydroxylation is 1. The molecule has 1 aliphatic carbocycles. The Kier molecular flexibility index (Phi) is 12.9. The van der Waals surface area contributed by atoms with E-state index in [1.807, 2.05) is 6.08 Å². The lowest BCUT2D eigenvalue weighted by atomic mass is 9.76. The minimum atomic E-state index is -0.0790. The molecule has 1 aliphatic rings. The molecule has 5 aromatic rings. The van der Waals surface area contributed by atoms with Crippen LogP contribution < -0.4 is 15.8 Å². The zero-order valence-corrected chi connectivity index (χ0v) is 40.5. The van der Waals surface area contributed by atoms with Crippen molar-refractivity contribution >= 4 is 23.9 Å². The van der Waals surface area contributed by atoms with E-state index in [9.17, 15) is 5.26 Å². The number of nitrogens with zero attached hydrogens (tertiary/aromatic N) is 1. The van der Waals surface area contributed by atoms with Gasteiger partial charge in [-0.1, -0.05) is 189 Å². The van der Waals surface area contributed by atoms with Crippen LogP contribution in [0.3, 0.4) is 0 Å². The molecule has 2 heteroatoms. The largest absolute Gasteiger partial charge is 0.355 e. The molecule has 0 heterocycles. The third kappa shape index (κ3) is 10.3. The third-order valence-corrected chi connectivity index (χ3v) is 13.1. The average molecular weight is 821 g/mol. The van der Waals surface area contributed by atoms with Crippen LogP contribution in [0.1, 0.15) is 165 Å². The number of benzene rings is 5. The standard InChI is InChI=1S/C60H72N2/c1-38-18-17-19-52(38)53-31-42(21-20-39(53)2)30-48(37-61)41(4)62-51-28-26-44(27-29-51)43-22-24-45(25-23-43)56(46-32-49(57(5,6)7)36-50(33-46)58(8,9)10)47-34-54(59(11,12)13)40(3)55(35-47)60(14,15)16/h20-36,38,52,62H,3-4,17-19H2,1-2,5-16H3/b48-30+. The van der Waals surface area contributed by atoms with E-state index in [0.29, 0.717) is 23.1 Å². The summed E-state index contributed by atoms with van der Waals surface area (Å²) in [6.07, 6.45) is 5.77. The normalized spacial score (nSPS) is 16.2. The van der Waals surface area contributed by atoms with Gasteiger partial charge in [0, 0.05) is 11.4 Å². The number of nitriles is 1. The second-order valence-corrected chi connectivity index (χ2v) is 22.3. The van der Waals surface area contributed by atoms with Gasteiger partial charge in [-0.3, -0.25) is 0 Å². The minimum absolute atomic E-state index is 0.0200. The highest BCUT2D eigenvalue weighted by Crippen LogP contribution is 2.41. The van der Waals surface area contributed by atoms with Gasteiger partial charge in [-0.15, -0.1) is 0 Å². The molecule has 6 rings (SSSR count). The SMILES string of the molecule is C=C(Nc1ccc(-c2ccc(C(c3cc(C(C)(C)C)cc(C(C)(C)C)c3)=c3cc(C(C)(C)C)c(=C)c(C(C)(C)C)c3)cc2)cc1)/C(C#N)=C/c1ccc(C)c(C2CCCC2C)c1. The van der Waals surface area contributed by atoms with E-state index in [2.05, 4.69) is 219 Å². The molecule has 322 valence electrons. The molecule has 0 saturated heterocycles. The Bertz CT molecular complexity index is 2580. The highest BCUT2D eigenvalue weighted by molar-refractivity contribution is 5.82. The number of hydrogen-bond acceptors (Lipinski definition) is 2. The van der Waals surface area contributed by atoms with E-state index in [4.69, 9.17) is 0 Å². The molecule has 62 heavy (non-hydrogen) atoms. The van der Waals surface area contributed by atoms with Crippen LogP contribution in [0.5, 0.6) is 0 Å². The fraction of sp³-hybridized carbons (Fsp3) is 0.383. The smallest absolute Gasteiger partial charge is 0.101 e. The quantitative estimate of drug-likeness (QED) is 0.125. The van der Waals surface area contributed by atoms with E-state index in [1.165, 1.54) is 74.6 Å². The van der Waals surface area contributed by atoms with Crippen LogP contribution in [0.15, 0.2) is 115 Å². The molecule has 0 bridgehead atoms. The molecule has 0 radical (unpaired) electrons. The van der Waals surface area contributed by atoms with Crippen LogP contribution in [0.25, 0.3) is 29.4 Å². The van der Waals surface area contributed by atoms with E-state index in [-0.39, 0.29) is 21.7 Å². The summed E-state index contributed by atoms with van der Waals surface area (Å²) in [6, 6.07) is 38.5. The molecule has 1 saturated carbocycles. The number of hydrogen-bond donors (Lipinski definition) is 1. The van der Waals surface area contributed by atoms with Crippen LogP contribution in [-0.2, 0) is 21.7 Å². The predicted octanol–water partition coefficient (Wildman–Crippen LogP) is 14.9. The van der Waals surface area contributed by atoms with Crippen molar-refractivity contribution in [3.63, 3.8) is 0 Å². The summed E-state index contributed by atoms with van der Waals surface area (Å²) in [5.74, 6) is 1.28. The number of anilines is 1. The van der Waals surface area contributed by atoms with Crippen molar-refractivity contribution in [1.82, 2.24) is 0 Å². The van der Waals surface area contributed by atoms with Crippen molar-refractivity contribution in [2.24, 2.45) is 5.92 Å². The van der Waals surface area contributed by atoms with Gasteiger partial charge in [0.1, 0.15) is 6.07 Å². The summed E-state index contributed by atoms with van der Waals surface area (Å²) in [5, 5.41) is 16.0. The van der Waals surface area contributed by atoms with Crippen LogP contribution >= 0.6 is 0 Å². The Balaban J connectivity index is 1.38. The van der Waals surface area contributed by atoms with Gasteiger partial charge in [-0.2, -0.15) is 5.26 Å². The maximum Gasteiger partial charge on any atom is 0.101 e. The van der Waals surface area contributed by atoms with Gasteiger partial charge in [0.15, 0.2) is 0 Å². The molecule has 2 nitrogen and oxygen atoms in total. The average Bonchev–Trinajstić information content (AvgIpc) is 3.62. The van der Waals surface area contributed by atoms with Crippen molar-refractivity contribution in [3.05, 3.63) is 175 Å². The first kappa shape index (κ1) is 46.1. The van der Waals surface area contributed by atoms with Crippen LogP contribution in [0.2, 0.25) is 0 Å². The topological polar surface area (TPSA) is 35.8 Å². The van der Waals surface area contributed by atoms with Crippen molar-refractivity contribution in [2.45, 2.75) is 144 Å². The van der Waals surface area contributed by atoms with E-state index in [1.54, 1.807) is 0 Å². The van der Waals surface area contributed by atoms with Crippen molar-refractivity contribution in [3.8, 4) is 17.2 Å². The molecule has 0 spiro atoms. The zero-order chi connectivity index (χ0) is 45.5. The predicted molar refractivity (Wildman–Crippen MR) is 269 cm³/mol. The molecule has 2 atom stereocenters. The van der Waals surface area contributed by atoms with Gasteiger partial charge in [0.05, 0.1) is 5.57 Å². The van der Waals surface area contributed by atoms with Crippen LogP contribution in [-0.4, -0.2) is 0 Å².